The Balaban J connectivity index is 1.47. The summed E-state index contributed by atoms with van der Waals surface area (Å²) in [5.74, 6) is -4.13. The number of carboxylic acid groups (broad SMARTS) is 1. The van der Waals surface area contributed by atoms with Crippen LogP contribution in [-0.4, -0.2) is 66.9 Å². The number of likely N-dealkylation sites (tertiary alicyclic amines) is 1. The molecule has 202 valence electrons. The van der Waals surface area contributed by atoms with Crippen LogP contribution in [0.4, 0.5) is 29.5 Å². The Bertz CT molecular complexity index is 1410. The largest absolute Gasteiger partial charge is 0.465 e. The fourth-order valence-corrected chi connectivity index (χ4v) is 5.33. The van der Waals surface area contributed by atoms with Crippen LogP contribution in [0.3, 0.4) is 0 Å². The number of rotatable bonds is 6. The lowest BCUT2D eigenvalue weighted by Gasteiger charge is -2.34. The fraction of sp³-hybridized carbons (Fsp3) is 0.462. The molecular weight excluding hydrogens is 501 g/mol. The Morgan fingerprint density at radius 2 is 1.95 bits per heavy atom. The van der Waals surface area contributed by atoms with Gasteiger partial charge in [-0.25, -0.2) is 24.1 Å². The number of nitrogens with zero attached hydrogens (tertiary/aromatic N) is 5. The summed E-state index contributed by atoms with van der Waals surface area (Å²) < 4.78 is 45.0. The Hall–Kier alpha value is -3.67. The van der Waals surface area contributed by atoms with Crippen LogP contribution in [0.5, 0.6) is 0 Å². The molecule has 0 spiro atoms. The van der Waals surface area contributed by atoms with Crippen LogP contribution >= 0.6 is 0 Å². The summed E-state index contributed by atoms with van der Waals surface area (Å²) in [5, 5.41) is 23.0. The van der Waals surface area contributed by atoms with Gasteiger partial charge < -0.3 is 25.3 Å². The van der Waals surface area contributed by atoms with Crippen LogP contribution in [0, 0.1) is 12.7 Å². The molecule has 1 aromatic carbocycles. The van der Waals surface area contributed by atoms with Crippen molar-refractivity contribution in [2.45, 2.75) is 63.8 Å². The van der Waals surface area contributed by atoms with Gasteiger partial charge in [-0.15, -0.1) is 0 Å². The zero-order valence-electron chi connectivity index (χ0n) is 21.4. The molecule has 2 saturated heterocycles. The Morgan fingerprint density at radius 3 is 2.58 bits per heavy atom. The molecule has 3 atom stereocenters. The van der Waals surface area contributed by atoms with Crippen molar-refractivity contribution in [2.75, 3.05) is 23.3 Å². The number of carbonyl (C=O) groups is 1. The van der Waals surface area contributed by atoms with Crippen LogP contribution in [0.2, 0.25) is 0 Å². The highest BCUT2D eigenvalue weighted by molar-refractivity contribution is 5.89. The maximum absolute atomic E-state index is 15.4. The Morgan fingerprint density at radius 1 is 1.21 bits per heavy atom. The van der Waals surface area contributed by atoms with Gasteiger partial charge in [-0.1, -0.05) is 12.1 Å². The number of aromatic nitrogens is 3. The fourth-order valence-electron chi connectivity index (χ4n) is 5.33. The molecule has 5 rings (SSSR count). The first kappa shape index (κ1) is 26.0. The molecule has 38 heavy (non-hydrogen) atoms. The number of aryl methyl sites for hydroxylation is 1. The van der Waals surface area contributed by atoms with Crippen molar-refractivity contribution in [1.29, 1.82) is 0 Å². The SMILES string of the molecule is Cc1nc(N[C@H](C)c2cccc(C(F)(F)C(C)(C)O)c2F)c2cc(N3C[C@H]4C[C@@H]3CN4C(=O)O)cnc2n1. The van der Waals surface area contributed by atoms with E-state index in [2.05, 4.69) is 25.2 Å². The number of alkyl halides is 2. The number of fused-ring (bicyclic) bond motifs is 3. The van der Waals surface area contributed by atoms with Gasteiger partial charge in [0.25, 0.3) is 0 Å². The van der Waals surface area contributed by atoms with E-state index >= 15 is 4.39 Å². The summed E-state index contributed by atoms with van der Waals surface area (Å²) in [5.41, 5.74) is -2.15. The molecule has 2 bridgehead atoms. The van der Waals surface area contributed by atoms with Gasteiger partial charge in [-0.3, -0.25) is 0 Å². The minimum absolute atomic E-state index is 0.00873. The minimum atomic E-state index is -3.81. The lowest BCUT2D eigenvalue weighted by molar-refractivity contribution is -0.170. The molecule has 0 aliphatic carbocycles. The maximum atomic E-state index is 15.4. The monoisotopic (exact) mass is 530 g/mol. The molecule has 3 aromatic rings. The van der Waals surface area contributed by atoms with Crippen LogP contribution in [0.25, 0.3) is 11.0 Å². The lowest BCUT2D eigenvalue weighted by Crippen LogP contribution is -2.48. The first-order valence-electron chi connectivity index (χ1n) is 12.3. The van der Waals surface area contributed by atoms with Gasteiger partial charge >= 0.3 is 12.0 Å². The van der Waals surface area contributed by atoms with E-state index in [4.69, 9.17) is 0 Å². The molecule has 1 amide bonds. The zero-order chi connectivity index (χ0) is 27.6. The number of hydrogen-bond donors (Lipinski definition) is 3. The number of piperazine rings is 1. The van der Waals surface area contributed by atoms with E-state index in [1.54, 1.807) is 20.0 Å². The van der Waals surface area contributed by atoms with Crippen LogP contribution in [0.15, 0.2) is 30.5 Å². The molecule has 2 fully saturated rings. The number of amides is 1. The van der Waals surface area contributed by atoms with Crippen molar-refractivity contribution < 1.29 is 28.2 Å². The van der Waals surface area contributed by atoms with E-state index in [0.29, 0.717) is 35.8 Å². The van der Waals surface area contributed by atoms with Crippen LogP contribution in [-0.2, 0) is 5.92 Å². The average Bonchev–Trinajstić information content (AvgIpc) is 3.44. The lowest BCUT2D eigenvalue weighted by atomic mass is 9.91. The number of nitrogens with one attached hydrogen (secondary N) is 1. The summed E-state index contributed by atoms with van der Waals surface area (Å²) in [4.78, 5) is 28.4. The zero-order valence-corrected chi connectivity index (χ0v) is 21.4. The second-order valence-electron chi connectivity index (χ2n) is 10.5. The first-order valence-corrected chi connectivity index (χ1v) is 12.3. The summed E-state index contributed by atoms with van der Waals surface area (Å²) in [6, 6.07) is 4.75. The van der Waals surface area contributed by atoms with Gasteiger partial charge in [0.1, 0.15) is 23.1 Å². The molecule has 0 saturated carbocycles. The van der Waals surface area contributed by atoms with Crippen LogP contribution < -0.4 is 10.2 Å². The van der Waals surface area contributed by atoms with Gasteiger partial charge in [0.2, 0.25) is 0 Å². The highest BCUT2D eigenvalue weighted by atomic mass is 19.3. The minimum Gasteiger partial charge on any atom is -0.465 e. The second-order valence-corrected chi connectivity index (χ2v) is 10.5. The van der Waals surface area contributed by atoms with E-state index in [9.17, 15) is 23.8 Å². The summed E-state index contributed by atoms with van der Waals surface area (Å²) in [6.07, 6.45) is 1.51. The average molecular weight is 531 g/mol. The van der Waals surface area contributed by atoms with Crippen molar-refractivity contribution in [3.63, 3.8) is 0 Å². The van der Waals surface area contributed by atoms with E-state index in [1.807, 2.05) is 6.07 Å². The maximum Gasteiger partial charge on any atom is 0.407 e. The van der Waals surface area contributed by atoms with Gasteiger partial charge in [0, 0.05) is 24.7 Å². The van der Waals surface area contributed by atoms with Crippen molar-refractivity contribution in [1.82, 2.24) is 19.9 Å². The van der Waals surface area contributed by atoms with Gasteiger partial charge in [-0.05, 0) is 46.2 Å². The normalized spacial score (nSPS) is 20.3. The smallest absolute Gasteiger partial charge is 0.407 e. The highest BCUT2D eigenvalue weighted by Crippen LogP contribution is 2.42. The molecule has 2 aliphatic heterocycles. The number of halogens is 3. The first-order chi connectivity index (χ1) is 17.8. The molecule has 2 aliphatic rings. The molecule has 9 nitrogen and oxygen atoms in total. The number of hydrogen-bond acceptors (Lipinski definition) is 7. The second kappa shape index (κ2) is 8.97. The summed E-state index contributed by atoms with van der Waals surface area (Å²) in [7, 11) is 0. The van der Waals surface area contributed by atoms with Crippen LogP contribution in [0.1, 0.15) is 50.2 Å². The highest BCUT2D eigenvalue weighted by Gasteiger charge is 2.49. The standard InChI is InChI=1S/C26H29F3N6O3/c1-13(18-6-5-7-20(21(18)27)26(28,29)25(3,4)38)31-23-19-9-15(10-30-22(19)32-14(2)33-23)34-11-17-8-16(34)12-35(17)24(36)37/h5-7,9-10,13,16-17,38H,8,11-12H2,1-4H3,(H,36,37)(H,30,31,32,33)/t13-,16-,17-/m1/s1. The Kier molecular flexibility index (Phi) is 6.13. The Labute approximate surface area is 217 Å². The number of anilines is 2. The predicted octanol–water partition coefficient (Wildman–Crippen LogP) is 4.45. The number of pyridine rings is 1. The molecule has 0 radical (unpaired) electrons. The molecule has 12 heteroatoms. The molecule has 0 unspecified atom stereocenters. The number of benzene rings is 1. The summed E-state index contributed by atoms with van der Waals surface area (Å²) in [6.45, 7) is 6.15. The molecule has 4 heterocycles. The van der Waals surface area contributed by atoms with E-state index in [1.165, 1.54) is 17.0 Å². The van der Waals surface area contributed by atoms with Crippen molar-refractivity contribution in [3.8, 4) is 0 Å². The summed E-state index contributed by atoms with van der Waals surface area (Å²) >= 11 is 0. The van der Waals surface area contributed by atoms with Gasteiger partial charge in [-0.2, -0.15) is 8.78 Å². The third-order valence-electron chi connectivity index (χ3n) is 7.42. The predicted molar refractivity (Wildman–Crippen MR) is 135 cm³/mol. The van der Waals surface area contributed by atoms with Crippen molar-refractivity contribution in [2.24, 2.45) is 0 Å². The third-order valence-corrected chi connectivity index (χ3v) is 7.42. The van der Waals surface area contributed by atoms with Crippen molar-refractivity contribution >= 4 is 28.6 Å². The van der Waals surface area contributed by atoms with E-state index < -0.39 is 35.0 Å². The van der Waals surface area contributed by atoms with E-state index in [0.717, 1.165) is 32.0 Å². The molecular formula is C26H29F3N6O3. The quantitative estimate of drug-likeness (QED) is 0.428. The van der Waals surface area contributed by atoms with Gasteiger partial charge in [0.15, 0.2) is 5.65 Å². The number of aliphatic hydroxyl groups is 1. The van der Waals surface area contributed by atoms with E-state index in [-0.39, 0.29) is 17.6 Å². The van der Waals surface area contributed by atoms with Gasteiger partial charge in [0.05, 0.1) is 34.9 Å². The van der Waals surface area contributed by atoms with Crippen molar-refractivity contribution in [3.05, 3.63) is 53.2 Å². The molecule has 3 N–H and O–H groups in total. The third kappa shape index (κ3) is 4.26. The molecule has 2 aromatic heterocycles. The topological polar surface area (TPSA) is 115 Å².